The Balaban J connectivity index is 1.86. The van der Waals surface area contributed by atoms with E-state index in [-0.39, 0.29) is 0 Å². The van der Waals surface area contributed by atoms with Gasteiger partial charge in [-0.25, -0.2) is 0 Å². The van der Waals surface area contributed by atoms with Crippen LogP contribution in [0.4, 0.5) is 5.69 Å². The first-order valence-electron chi connectivity index (χ1n) is 6.31. The number of benzene rings is 1. The van der Waals surface area contributed by atoms with Crippen LogP contribution in [0, 0.1) is 0 Å². The predicted octanol–water partition coefficient (Wildman–Crippen LogP) is 3.04. The average Bonchev–Trinajstić information content (AvgIpc) is 3.13. The molecule has 0 unspecified atom stereocenters. The van der Waals surface area contributed by atoms with Crippen molar-refractivity contribution in [3.8, 4) is 0 Å². The Morgan fingerprint density at radius 1 is 0.875 bits per heavy atom. The Morgan fingerprint density at radius 2 is 1.44 bits per heavy atom. The molecule has 2 nitrogen and oxygen atoms in total. The zero-order valence-corrected chi connectivity index (χ0v) is 9.61. The Morgan fingerprint density at radius 3 is 2.00 bits per heavy atom. The molecule has 1 heterocycles. The van der Waals surface area contributed by atoms with Crippen molar-refractivity contribution < 1.29 is 4.74 Å². The highest BCUT2D eigenvalue weighted by atomic mass is 16.5. The van der Waals surface area contributed by atoms with Gasteiger partial charge in [0.15, 0.2) is 0 Å². The molecule has 1 aromatic rings. The molecule has 16 heavy (non-hydrogen) atoms. The molecule has 86 valence electrons. The summed E-state index contributed by atoms with van der Waals surface area (Å²) in [6.07, 6.45) is 4.98. The third-order valence-corrected chi connectivity index (χ3v) is 3.74. The van der Waals surface area contributed by atoms with Crippen molar-refractivity contribution in [1.82, 2.24) is 0 Å². The highest BCUT2D eigenvalue weighted by Gasteiger charge is 2.25. The summed E-state index contributed by atoms with van der Waals surface area (Å²) < 4.78 is 5.41. The maximum atomic E-state index is 6.00. The maximum absolute atomic E-state index is 6.00. The molecule has 2 heteroatoms. The highest BCUT2D eigenvalue weighted by molar-refractivity contribution is 5.47. The van der Waals surface area contributed by atoms with Crippen molar-refractivity contribution in [3.63, 3.8) is 0 Å². The number of hydrogen-bond acceptors (Lipinski definition) is 2. The number of nitrogens with two attached hydrogens (primary N) is 1. The summed E-state index contributed by atoms with van der Waals surface area (Å²) >= 11 is 0. The summed E-state index contributed by atoms with van der Waals surface area (Å²) in [6.45, 7) is 1.80. The lowest BCUT2D eigenvalue weighted by molar-refractivity contribution is 0.0853. The molecule has 1 aliphatic heterocycles. The van der Waals surface area contributed by atoms with Gasteiger partial charge < -0.3 is 10.5 Å². The first kappa shape index (κ1) is 10.2. The molecule has 2 N–H and O–H groups in total. The predicted molar refractivity (Wildman–Crippen MR) is 65.6 cm³/mol. The molecule has 0 radical (unpaired) electrons. The maximum Gasteiger partial charge on any atom is 0.0471 e. The van der Waals surface area contributed by atoms with E-state index in [2.05, 4.69) is 18.2 Å². The largest absolute Gasteiger partial charge is 0.399 e. The van der Waals surface area contributed by atoms with Gasteiger partial charge in [-0.05, 0) is 60.8 Å². The van der Waals surface area contributed by atoms with Crippen LogP contribution in [0.2, 0.25) is 0 Å². The van der Waals surface area contributed by atoms with Crippen molar-refractivity contribution in [2.24, 2.45) is 0 Å². The first-order valence-corrected chi connectivity index (χ1v) is 6.31. The second-order valence-electron chi connectivity index (χ2n) is 5.09. The van der Waals surface area contributed by atoms with Crippen LogP contribution in [-0.2, 0) is 4.74 Å². The van der Waals surface area contributed by atoms with Gasteiger partial charge in [-0.3, -0.25) is 0 Å². The number of hydrogen-bond donors (Lipinski definition) is 1. The van der Waals surface area contributed by atoms with Crippen LogP contribution in [-0.4, -0.2) is 13.2 Å². The number of rotatable bonds is 2. The van der Waals surface area contributed by atoms with E-state index in [1.165, 1.54) is 24.0 Å². The van der Waals surface area contributed by atoms with Gasteiger partial charge in [0.25, 0.3) is 0 Å². The topological polar surface area (TPSA) is 35.2 Å². The SMILES string of the molecule is Nc1cc(C2CCOCC2)cc(C2CC2)c1. The van der Waals surface area contributed by atoms with Crippen LogP contribution in [0.25, 0.3) is 0 Å². The van der Waals surface area contributed by atoms with Gasteiger partial charge in [-0.2, -0.15) is 0 Å². The molecule has 1 aromatic carbocycles. The zero-order valence-electron chi connectivity index (χ0n) is 9.61. The second-order valence-corrected chi connectivity index (χ2v) is 5.09. The summed E-state index contributed by atoms with van der Waals surface area (Å²) in [7, 11) is 0. The van der Waals surface area contributed by atoms with Gasteiger partial charge in [0, 0.05) is 18.9 Å². The monoisotopic (exact) mass is 217 g/mol. The Kier molecular flexibility index (Phi) is 2.60. The van der Waals surface area contributed by atoms with E-state index in [1.54, 1.807) is 0 Å². The molecule has 0 amide bonds. The first-order chi connectivity index (χ1) is 7.83. The van der Waals surface area contributed by atoms with Crippen LogP contribution < -0.4 is 5.73 Å². The van der Waals surface area contributed by atoms with Crippen LogP contribution in [0.3, 0.4) is 0 Å². The van der Waals surface area contributed by atoms with Crippen molar-refractivity contribution in [2.75, 3.05) is 18.9 Å². The number of ether oxygens (including phenoxy) is 1. The summed E-state index contributed by atoms with van der Waals surface area (Å²) in [5, 5.41) is 0. The molecule has 0 bridgehead atoms. The van der Waals surface area contributed by atoms with Crippen LogP contribution in [0.5, 0.6) is 0 Å². The van der Waals surface area contributed by atoms with Gasteiger partial charge in [0.05, 0.1) is 0 Å². The molecular formula is C14H19NO. The average molecular weight is 217 g/mol. The second kappa shape index (κ2) is 4.10. The molecule has 0 atom stereocenters. The van der Waals surface area contributed by atoms with E-state index in [9.17, 15) is 0 Å². The minimum absolute atomic E-state index is 0.662. The fraction of sp³-hybridized carbons (Fsp3) is 0.571. The van der Waals surface area contributed by atoms with E-state index in [0.29, 0.717) is 5.92 Å². The third-order valence-electron chi connectivity index (χ3n) is 3.74. The normalized spacial score (nSPS) is 22.2. The fourth-order valence-electron chi connectivity index (χ4n) is 2.62. The lowest BCUT2D eigenvalue weighted by Crippen LogP contribution is -2.14. The molecular weight excluding hydrogens is 198 g/mol. The van der Waals surface area contributed by atoms with Crippen molar-refractivity contribution in [3.05, 3.63) is 29.3 Å². The quantitative estimate of drug-likeness (QED) is 0.773. The van der Waals surface area contributed by atoms with E-state index < -0.39 is 0 Å². The van der Waals surface area contributed by atoms with E-state index in [4.69, 9.17) is 10.5 Å². The summed E-state index contributed by atoms with van der Waals surface area (Å²) in [5.41, 5.74) is 9.83. The van der Waals surface area contributed by atoms with E-state index in [0.717, 1.165) is 37.7 Å². The van der Waals surface area contributed by atoms with E-state index in [1.807, 2.05) is 0 Å². The van der Waals surface area contributed by atoms with Crippen molar-refractivity contribution in [2.45, 2.75) is 37.5 Å². The minimum atomic E-state index is 0.662. The molecule has 0 aromatic heterocycles. The lowest BCUT2D eigenvalue weighted by atomic mass is 9.89. The zero-order chi connectivity index (χ0) is 11.0. The smallest absolute Gasteiger partial charge is 0.0471 e. The van der Waals surface area contributed by atoms with Crippen molar-refractivity contribution in [1.29, 1.82) is 0 Å². The molecule has 3 rings (SSSR count). The summed E-state index contributed by atoms with van der Waals surface area (Å²) in [4.78, 5) is 0. The standard InChI is InChI=1S/C14H19NO/c15-14-8-12(10-1-2-10)7-13(9-14)11-3-5-16-6-4-11/h7-11H,1-6,15H2. The minimum Gasteiger partial charge on any atom is -0.399 e. The molecule has 2 aliphatic rings. The molecule has 1 saturated heterocycles. The lowest BCUT2D eigenvalue weighted by Gasteiger charge is -2.23. The third kappa shape index (κ3) is 2.07. The van der Waals surface area contributed by atoms with Gasteiger partial charge in [-0.1, -0.05) is 6.07 Å². The van der Waals surface area contributed by atoms with Crippen LogP contribution >= 0.6 is 0 Å². The van der Waals surface area contributed by atoms with Crippen LogP contribution in [0.1, 0.15) is 48.6 Å². The Hall–Kier alpha value is -1.02. The van der Waals surface area contributed by atoms with Gasteiger partial charge >= 0.3 is 0 Å². The number of nitrogen functional groups attached to an aromatic ring is 1. The molecule has 1 aliphatic carbocycles. The van der Waals surface area contributed by atoms with Crippen molar-refractivity contribution >= 4 is 5.69 Å². The summed E-state index contributed by atoms with van der Waals surface area (Å²) in [5.74, 6) is 1.46. The molecule has 0 spiro atoms. The van der Waals surface area contributed by atoms with Crippen LogP contribution in [0.15, 0.2) is 18.2 Å². The van der Waals surface area contributed by atoms with Gasteiger partial charge in [-0.15, -0.1) is 0 Å². The molecule has 2 fully saturated rings. The Labute approximate surface area is 96.8 Å². The van der Waals surface area contributed by atoms with Gasteiger partial charge in [0.2, 0.25) is 0 Å². The Bertz CT molecular complexity index is 378. The highest BCUT2D eigenvalue weighted by Crippen LogP contribution is 2.42. The number of anilines is 1. The summed E-state index contributed by atoms with van der Waals surface area (Å²) in [6, 6.07) is 6.69. The van der Waals surface area contributed by atoms with Gasteiger partial charge in [0.1, 0.15) is 0 Å². The van der Waals surface area contributed by atoms with E-state index >= 15 is 0 Å². The molecule has 1 saturated carbocycles. The fourth-order valence-corrected chi connectivity index (χ4v) is 2.62.